The van der Waals surface area contributed by atoms with Gasteiger partial charge in [0.2, 0.25) is 5.09 Å². The fourth-order valence-corrected chi connectivity index (χ4v) is 2.42. The Hall–Kier alpha value is -0.850. The number of rotatable bonds is 5. The third-order valence-corrected chi connectivity index (χ3v) is 4.71. The van der Waals surface area contributed by atoms with E-state index in [0.29, 0.717) is 18.3 Å². The molecule has 1 aromatic rings. The van der Waals surface area contributed by atoms with Gasteiger partial charge in [0.1, 0.15) is 5.76 Å². The fraction of sp³-hybridized carbons (Fsp3) is 0.636. The van der Waals surface area contributed by atoms with Crippen LogP contribution in [0.3, 0.4) is 0 Å². The molecule has 2 atom stereocenters. The van der Waals surface area contributed by atoms with E-state index in [2.05, 4.69) is 12.2 Å². The number of sulfonamides is 1. The third kappa shape index (κ3) is 2.70. The maximum Gasteiger partial charge on any atom is 0.275 e. The average Bonchev–Trinajstić information content (AvgIpc) is 2.79. The number of hydrogen-bond donors (Lipinski definition) is 1. The van der Waals surface area contributed by atoms with Crippen molar-refractivity contribution in [2.75, 3.05) is 14.1 Å². The SMILES string of the molecule is CC1CC1NCc1ccc(S(=O)(=O)N(C)C)o1. The summed E-state index contributed by atoms with van der Waals surface area (Å²) in [5, 5.41) is 3.32. The average molecular weight is 258 g/mol. The van der Waals surface area contributed by atoms with Crippen molar-refractivity contribution in [1.29, 1.82) is 0 Å². The summed E-state index contributed by atoms with van der Waals surface area (Å²) < 4.78 is 30.0. The zero-order chi connectivity index (χ0) is 12.6. The van der Waals surface area contributed by atoms with Crippen LogP contribution >= 0.6 is 0 Å². The molecule has 0 bridgehead atoms. The molecule has 1 aliphatic rings. The van der Waals surface area contributed by atoms with E-state index >= 15 is 0 Å². The molecule has 0 radical (unpaired) electrons. The van der Waals surface area contributed by atoms with Gasteiger partial charge in [0, 0.05) is 20.1 Å². The normalized spacial score (nSPS) is 24.2. The summed E-state index contributed by atoms with van der Waals surface area (Å²) in [7, 11) is -0.475. The van der Waals surface area contributed by atoms with Crippen molar-refractivity contribution in [3.05, 3.63) is 17.9 Å². The van der Waals surface area contributed by atoms with Crippen molar-refractivity contribution in [1.82, 2.24) is 9.62 Å². The van der Waals surface area contributed by atoms with Crippen molar-refractivity contribution in [2.45, 2.75) is 31.0 Å². The van der Waals surface area contributed by atoms with Crippen molar-refractivity contribution in [3.8, 4) is 0 Å². The lowest BCUT2D eigenvalue weighted by Gasteiger charge is -2.07. The summed E-state index contributed by atoms with van der Waals surface area (Å²) in [5.41, 5.74) is 0. The molecular weight excluding hydrogens is 240 g/mol. The van der Waals surface area contributed by atoms with E-state index in [1.807, 2.05) is 0 Å². The second-order valence-corrected chi connectivity index (χ2v) is 6.79. The summed E-state index contributed by atoms with van der Waals surface area (Å²) in [4.78, 5) is 0. The van der Waals surface area contributed by atoms with Crippen LogP contribution in [-0.4, -0.2) is 32.9 Å². The molecule has 0 amide bonds. The lowest BCUT2D eigenvalue weighted by Crippen LogP contribution is -2.21. The first-order chi connectivity index (χ1) is 7.91. The van der Waals surface area contributed by atoms with Crippen LogP contribution in [0.25, 0.3) is 0 Å². The van der Waals surface area contributed by atoms with Gasteiger partial charge in [-0.2, -0.15) is 0 Å². The third-order valence-electron chi connectivity index (χ3n) is 3.02. The highest BCUT2D eigenvalue weighted by molar-refractivity contribution is 7.88. The molecule has 1 heterocycles. The Morgan fingerprint density at radius 3 is 2.65 bits per heavy atom. The Morgan fingerprint density at radius 2 is 2.12 bits per heavy atom. The standard InChI is InChI=1S/C11H18N2O3S/c1-8-6-10(8)12-7-9-4-5-11(16-9)17(14,15)13(2)3/h4-5,8,10,12H,6-7H2,1-3H3. The summed E-state index contributed by atoms with van der Waals surface area (Å²) >= 11 is 0. The molecule has 1 aromatic heterocycles. The molecule has 1 saturated carbocycles. The fourth-order valence-electron chi connectivity index (χ4n) is 1.61. The van der Waals surface area contributed by atoms with Crippen LogP contribution in [0.2, 0.25) is 0 Å². The lowest BCUT2D eigenvalue weighted by atomic mass is 10.4. The minimum Gasteiger partial charge on any atom is -0.447 e. The van der Waals surface area contributed by atoms with Crippen LogP contribution in [0.1, 0.15) is 19.1 Å². The molecule has 96 valence electrons. The number of nitrogens with zero attached hydrogens (tertiary/aromatic N) is 1. The van der Waals surface area contributed by atoms with Crippen molar-refractivity contribution >= 4 is 10.0 Å². The van der Waals surface area contributed by atoms with E-state index in [-0.39, 0.29) is 5.09 Å². The number of nitrogens with one attached hydrogen (secondary N) is 1. The summed E-state index contributed by atoms with van der Waals surface area (Å²) in [6.07, 6.45) is 1.18. The summed E-state index contributed by atoms with van der Waals surface area (Å²) in [5.74, 6) is 1.37. The summed E-state index contributed by atoms with van der Waals surface area (Å²) in [6, 6.07) is 3.76. The van der Waals surface area contributed by atoms with Gasteiger partial charge in [0.05, 0.1) is 6.54 Å². The smallest absolute Gasteiger partial charge is 0.275 e. The van der Waals surface area contributed by atoms with Crippen LogP contribution in [0.15, 0.2) is 21.6 Å². The van der Waals surface area contributed by atoms with Gasteiger partial charge >= 0.3 is 0 Å². The van der Waals surface area contributed by atoms with E-state index in [4.69, 9.17) is 4.42 Å². The number of hydrogen-bond acceptors (Lipinski definition) is 4. The monoisotopic (exact) mass is 258 g/mol. The lowest BCUT2D eigenvalue weighted by molar-refractivity contribution is 0.388. The van der Waals surface area contributed by atoms with E-state index in [1.165, 1.54) is 26.6 Å². The van der Waals surface area contributed by atoms with Gasteiger partial charge in [0.15, 0.2) is 0 Å². The second kappa shape index (κ2) is 4.44. The molecule has 0 aliphatic heterocycles. The highest BCUT2D eigenvalue weighted by atomic mass is 32.2. The molecule has 5 nitrogen and oxygen atoms in total. The Kier molecular flexibility index (Phi) is 3.29. The van der Waals surface area contributed by atoms with Gasteiger partial charge in [-0.15, -0.1) is 0 Å². The molecule has 6 heteroatoms. The largest absolute Gasteiger partial charge is 0.447 e. The van der Waals surface area contributed by atoms with E-state index in [0.717, 1.165) is 10.2 Å². The van der Waals surface area contributed by atoms with E-state index in [9.17, 15) is 8.42 Å². The first-order valence-corrected chi connectivity index (χ1v) is 7.10. The first kappa shape index (κ1) is 12.6. The maximum absolute atomic E-state index is 11.8. The van der Waals surface area contributed by atoms with Crippen molar-refractivity contribution in [3.63, 3.8) is 0 Å². The van der Waals surface area contributed by atoms with Crippen LogP contribution < -0.4 is 5.32 Å². The minimum absolute atomic E-state index is 0.00291. The maximum atomic E-state index is 11.8. The van der Waals surface area contributed by atoms with Gasteiger partial charge in [-0.05, 0) is 24.5 Å². The van der Waals surface area contributed by atoms with Gasteiger partial charge in [-0.25, -0.2) is 12.7 Å². The van der Waals surface area contributed by atoms with Gasteiger partial charge in [-0.1, -0.05) is 6.92 Å². The van der Waals surface area contributed by atoms with E-state index < -0.39 is 10.0 Å². The van der Waals surface area contributed by atoms with Crippen LogP contribution in [0, 0.1) is 5.92 Å². The highest BCUT2D eigenvalue weighted by Crippen LogP contribution is 2.29. The Bertz CT molecular complexity index is 493. The molecule has 1 aliphatic carbocycles. The first-order valence-electron chi connectivity index (χ1n) is 5.66. The Balaban J connectivity index is 2.00. The molecule has 0 aromatic carbocycles. The predicted octanol–water partition coefficient (Wildman–Crippen LogP) is 1.03. The molecule has 17 heavy (non-hydrogen) atoms. The molecule has 0 spiro atoms. The predicted molar refractivity (Wildman–Crippen MR) is 64.0 cm³/mol. The van der Waals surface area contributed by atoms with Crippen LogP contribution in [-0.2, 0) is 16.6 Å². The molecule has 2 unspecified atom stereocenters. The minimum atomic E-state index is -3.45. The van der Waals surface area contributed by atoms with Crippen molar-refractivity contribution in [2.24, 2.45) is 5.92 Å². The van der Waals surface area contributed by atoms with Gasteiger partial charge < -0.3 is 9.73 Å². The second-order valence-electron chi connectivity index (χ2n) is 4.71. The highest BCUT2D eigenvalue weighted by Gasteiger charge is 2.32. The molecular formula is C11H18N2O3S. The zero-order valence-electron chi connectivity index (χ0n) is 10.3. The van der Waals surface area contributed by atoms with E-state index in [1.54, 1.807) is 6.07 Å². The van der Waals surface area contributed by atoms with Crippen LogP contribution in [0.5, 0.6) is 0 Å². The zero-order valence-corrected chi connectivity index (χ0v) is 11.1. The van der Waals surface area contributed by atoms with Gasteiger partial charge in [0.25, 0.3) is 10.0 Å². The summed E-state index contributed by atoms with van der Waals surface area (Å²) in [6.45, 7) is 2.76. The molecule has 1 N–H and O–H groups in total. The molecule has 0 saturated heterocycles. The topological polar surface area (TPSA) is 62.6 Å². The Morgan fingerprint density at radius 1 is 1.47 bits per heavy atom. The van der Waals surface area contributed by atoms with Gasteiger partial charge in [-0.3, -0.25) is 0 Å². The van der Waals surface area contributed by atoms with Crippen LogP contribution in [0.4, 0.5) is 0 Å². The Labute approximate surface area is 102 Å². The quantitative estimate of drug-likeness (QED) is 0.856. The van der Waals surface area contributed by atoms with Crippen molar-refractivity contribution < 1.29 is 12.8 Å². The molecule has 2 rings (SSSR count). The number of furan rings is 1. The molecule has 1 fully saturated rings.